The maximum atomic E-state index is 11.7. The van der Waals surface area contributed by atoms with Crippen LogP contribution < -0.4 is 10.2 Å². The van der Waals surface area contributed by atoms with E-state index in [1.807, 2.05) is 12.1 Å². The lowest BCUT2D eigenvalue weighted by Crippen LogP contribution is -2.54. The second-order valence-corrected chi connectivity index (χ2v) is 5.66. The number of carboxylic acids is 1. The van der Waals surface area contributed by atoms with Crippen molar-refractivity contribution in [1.29, 1.82) is 0 Å². The lowest BCUT2D eigenvalue weighted by Gasteiger charge is -2.47. The van der Waals surface area contributed by atoms with Gasteiger partial charge in [-0.05, 0) is 31.0 Å². The van der Waals surface area contributed by atoms with Crippen LogP contribution in [0.15, 0.2) is 18.2 Å². The molecule has 3 unspecified atom stereocenters. The van der Waals surface area contributed by atoms with Gasteiger partial charge < -0.3 is 15.3 Å². The molecule has 1 aromatic carbocycles. The van der Waals surface area contributed by atoms with Gasteiger partial charge in [0.2, 0.25) is 0 Å². The van der Waals surface area contributed by atoms with E-state index in [4.69, 9.17) is 0 Å². The topological polar surface area (TPSA) is 52.6 Å². The molecule has 0 radical (unpaired) electrons. The summed E-state index contributed by atoms with van der Waals surface area (Å²) in [4.78, 5) is 14.0. The van der Waals surface area contributed by atoms with E-state index in [-0.39, 0.29) is 11.8 Å². The van der Waals surface area contributed by atoms with Gasteiger partial charge in [0.05, 0.1) is 5.92 Å². The number of para-hydroxylation sites is 1. The number of hydrogen-bond donors (Lipinski definition) is 2. The second kappa shape index (κ2) is 4.53. The van der Waals surface area contributed by atoms with Crippen LogP contribution in [0.1, 0.15) is 23.5 Å². The first-order valence-electron chi connectivity index (χ1n) is 6.87. The van der Waals surface area contributed by atoms with E-state index < -0.39 is 5.97 Å². The monoisotopic (exact) mass is 260 g/mol. The van der Waals surface area contributed by atoms with E-state index >= 15 is 0 Å². The van der Waals surface area contributed by atoms with Crippen molar-refractivity contribution in [2.24, 2.45) is 5.92 Å². The lowest BCUT2D eigenvalue weighted by molar-refractivity contribution is -0.140. The van der Waals surface area contributed by atoms with Crippen LogP contribution >= 0.6 is 0 Å². The number of rotatable bonds is 1. The van der Waals surface area contributed by atoms with Crippen molar-refractivity contribution < 1.29 is 9.90 Å². The minimum atomic E-state index is -0.696. The third kappa shape index (κ3) is 1.82. The molecule has 4 nitrogen and oxygen atoms in total. The van der Waals surface area contributed by atoms with Crippen LogP contribution in [0.4, 0.5) is 5.69 Å². The number of carbonyl (C=O) groups is 1. The molecule has 0 spiro atoms. The first kappa shape index (κ1) is 12.5. The first-order valence-corrected chi connectivity index (χ1v) is 6.87. The summed E-state index contributed by atoms with van der Waals surface area (Å²) < 4.78 is 0. The van der Waals surface area contributed by atoms with Crippen molar-refractivity contribution in [2.45, 2.75) is 25.3 Å². The Balaban J connectivity index is 2.16. The van der Waals surface area contributed by atoms with Crippen LogP contribution in [0, 0.1) is 12.8 Å². The molecule has 1 saturated heterocycles. The fraction of sp³-hybridized carbons (Fsp3) is 0.533. The van der Waals surface area contributed by atoms with E-state index in [9.17, 15) is 9.90 Å². The van der Waals surface area contributed by atoms with Crippen molar-refractivity contribution in [3.05, 3.63) is 29.3 Å². The maximum Gasteiger partial charge on any atom is 0.311 e. The average molecular weight is 260 g/mol. The van der Waals surface area contributed by atoms with E-state index in [1.165, 1.54) is 5.56 Å². The maximum absolute atomic E-state index is 11.7. The molecule has 0 aliphatic carbocycles. The van der Waals surface area contributed by atoms with Crippen LogP contribution in [-0.2, 0) is 4.79 Å². The van der Waals surface area contributed by atoms with Crippen molar-refractivity contribution in [2.75, 3.05) is 25.0 Å². The average Bonchev–Trinajstić information content (AvgIpc) is 2.38. The second-order valence-electron chi connectivity index (χ2n) is 5.66. The van der Waals surface area contributed by atoms with Gasteiger partial charge in [0.15, 0.2) is 0 Å². The fourth-order valence-corrected chi connectivity index (χ4v) is 3.82. The summed E-state index contributed by atoms with van der Waals surface area (Å²) in [5.74, 6) is -0.923. The number of nitrogens with one attached hydrogen (secondary N) is 1. The van der Waals surface area contributed by atoms with Gasteiger partial charge in [0.25, 0.3) is 0 Å². The number of nitrogens with zero attached hydrogens (tertiary/aromatic N) is 1. The minimum absolute atomic E-state index is 0.158. The van der Waals surface area contributed by atoms with Crippen LogP contribution in [0.5, 0.6) is 0 Å². The molecule has 0 aromatic heterocycles. The predicted molar refractivity (Wildman–Crippen MR) is 74.7 cm³/mol. The zero-order valence-corrected chi connectivity index (χ0v) is 11.4. The number of benzene rings is 1. The summed E-state index contributed by atoms with van der Waals surface area (Å²) in [6.07, 6.45) is 1.01. The molecule has 2 N–H and O–H groups in total. The standard InChI is InChI=1S/C15H20N2O2/c1-9-4-3-5-10-13(15(18)19)11-8-16-7-6-12(11)17(2)14(9)10/h3-5,11-13,16H,6-8H2,1-2H3,(H,18,19). The van der Waals surface area contributed by atoms with Gasteiger partial charge >= 0.3 is 5.97 Å². The molecule has 0 bridgehead atoms. The number of aryl methyl sites for hydroxylation is 1. The summed E-state index contributed by atoms with van der Waals surface area (Å²) in [6.45, 7) is 3.83. The van der Waals surface area contributed by atoms with Crippen molar-refractivity contribution in [3.8, 4) is 0 Å². The molecule has 2 aliphatic heterocycles. The largest absolute Gasteiger partial charge is 0.481 e. The first-order chi connectivity index (χ1) is 9.11. The Morgan fingerprint density at radius 3 is 3.00 bits per heavy atom. The highest BCUT2D eigenvalue weighted by Crippen LogP contribution is 2.44. The Morgan fingerprint density at radius 1 is 1.47 bits per heavy atom. The van der Waals surface area contributed by atoms with Gasteiger partial charge in [-0.25, -0.2) is 0 Å². The number of fused-ring (bicyclic) bond motifs is 2. The molecular formula is C15H20N2O2. The third-order valence-corrected chi connectivity index (χ3v) is 4.64. The Labute approximate surface area is 113 Å². The highest BCUT2D eigenvalue weighted by atomic mass is 16.4. The van der Waals surface area contributed by atoms with E-state index in [0.717, 1.165) is 30.8 Å². The van der Waals surface area contributed by atoms with Crippen LogP contribution in [0.3, 0.4) is 0 Å². The summed E-state index contributed by atoms with van der Waals surface area (Å²) >= 11 is 0. The SMILES string of the molecule is Cc1cccc2c1N(C)C1CCNCC1C2C(=O)O. The molecular weight excluding hydrogens is 240 g/mol. The zero-order valence-electron chi connectivity index (χ0n) is 11.4. The fourth-order valence-electron chi connectivity index (χ4n) is 3.82. The van der Waals surface area contributed by atoms with Gasteiger partial charge in [-0.3, -0.25) is 4.79 Å². The Morgan fingerprint density at radius 2 is 2.26 bits per heavy atom. The number of aliphatic carboxylic acids is 1. The van der Waals surface area contributed by atoms with Gasteiger partial charge in [0, 0.05) is 31.2 Å². The van der Waals surface area contributed by atoms with Gasteiger partial charge in [-0.15, -0.1) is 0 Å². The van der Waals surface area contributed by atoms with Gasteiger partial charge in [-0.1, -0.05) is 18.2 Å². The molecule has 1 fully saturated rings. The quantitative estimate of drug-likeness (QED) is 0.805. The van der Waals surface area contributed by atoms with Crippen LogP contribution in [-0.4, -0.2) is 37.3 Å². The zero-order chi connectivity index (χ0) is 13.6. The molecule has 19 heavy (non-hydrogen) atoms. The van der Waals surface area contributed by atoms with Crippen molar-refractivity contribution >= 4 is 11.7 Å². The van der Waals surface area contributed by atoms with E-state index in [0.29, 0.717) is 6.04 Å². The number of hydrogen-bond acceptors (Lipinski definition) is 3. The highest BCUT2D eigenvalue weighted by molar-refractivity contribution is 5.82. The summed E-state index contributed by atoms with van der Waals surface area (Å²) in [5.41, 5.74) is 3.27. The Kier molecular flexibility index (Phi) is 2.97. The third-order valence-electron chi connectivity index (χ3n) is 4.64. The summed E-state index contributed by atoms with van der Waals surface area (Å²) in [6, 6.07) is 6.34. The molecule has 102 valence electrons. The number of carboxylic acid groups (broad SMARTS) is 1. The van der Waals surface area contributed by atoms with Crippen molar-refractivity contribution in [1.82, 2.24) is 5.32 Å². The molecule has 3 rings (SSSR count). The van der Waals surface area contributed by atoms with Crippen LogP contribution in [0.2, 0.25) is 0 Å². The number of piperidine rings is 1. The summed E-state index contributed by atoms with van der Waals surface area (Å²) in [5, 5.41) is 13.0. The Hall–Kier alpha value is -1.55. The lowest BCUT2D eigenvalue weighted by atomic mass is 9.73. The van der Waals surface area contributed by atoms with E-state index in [1.54, 1.807) is 0 Å². The van der Waals surface area contributed by atoms with Crippen molar-refractivity contribution in [3.63, 3.8) is 0 Å². The van der Waals surface area contributed by atoms with E-state index in [2.05, 4.69) is 30.3 Å². The summed E-state index contributed by atoms with van der Waals surface area (Å²) in [7, 11) is 2.10. The van der Waals surface area contributed by atoms with Gasteiger partial charge in [0.1, 0.15) is 0 Å². The molecule has 1 aromatic rings. The number of anilines is 1. The van der Waals surface area contributed by atoms with Crippen LogP contribution in [0.25, 0.3) is 0 Å². The predicted octanol–water partition coefficient (Wildman–Crippen LogP) is 1.59. The normalized spacial score (nSPS) is 29.6. The molecule has 2 heterocycles. The highest BCUT2D eigenvalue weighted by Gasteiger charge is 2.44. The molecule has 3 atom stereocenters. The molecule has 0 saturated carbocycles. The smallest absolute Gasteiger partial charge is 0.311 e. The van der Waals surface area contributed by atoms with Gasteiger partial charge in [-0.2, -0.15) is 0 Å². The molecule has 0 amide bonds. The Bertz CT molecular complexity index is 515. The minimum Gasteiger partial charge on any atom is -0.481 e. The molecule has 4 heteroatoms. The molecule has 2 aliphatic rings.